The van der Waals surface area contributed by atoms with Crippen molar-refractivity contribution in [1.82, 2.24) is 5.32 Å². The SMILES string of the molecule is Fc1cccc(N2CCCC2)c1CNC1CCCc2ccccc21. The molecule has 2 aromatic carbocycles. The molecule has 1 fully saturated rings. The van der Waals surface area contributed by atoms with Crippen LogP contribution >= 0.6 is 0 Å². The van der Waals surface area contributed by atoms with E-state index in [1.54, 1.807) is 6.07 Å². The number of nitrogens with zero attached hydrogens (tertiary/aromatic N) is 1. The molecule has 1 unspecified atom stereocenters. The molecule has 0 spiro atoms. The van der Waals surface area contributed by atoms with Crippen LogP contribution < -0.4 is 10.2 Å². The second kappa shape index (κ2) is 6.94. The summed E-state index contributed by atoms with van der Waals surface area (Å²) in [7, 11) is 0. The van der Waals surface area contributed by atoms with Crippen LogP contribution in [-0.2, 0) is 13.0 Å². The third-order valence-corrected chi connectivity index (χ3v) is 5.44. The van der Waals surface area contributed by atoms with Crippen molar-refractivity contribution in [2.45, 2.75) is 44.7 Å². The molecular formula is C21H25FN2. The minimum absolute atomic E-state index is 0.0870. The number of anilines is 1. The highest BCUT2D eigenvalue weighted by Gasteiger charge is 2.22. The molecular weight excluding hydrogens is 299 g/mol. The highest BCUT2D eigenvalue weighted by molar-refractivity contribution is 5.55. The van der Waals surface area contributed by atoms with Crippen molar-refractivity contribution in [3.05, 3.63) is 65.0 Å². The first-order chi connectivity index (χ1) is 11.8. The van der Waals surface area contributed by atoms with Gasteiger partial charge in [-0.1, -0.05) is 30.3 Å². The number of fused-ring (bicyclic) bond motifs is 1. The van der Waals surface area contributed by atoms with Crippen LogP contribution in [0, 0.1) is 5.82 Å². The van der Waals surface area contributed by atoms with Gasteiger partial charge in [-0.15, -0.1) is 0 Å². The molecule has 2 aliphatic rings. The molecule has 3 heteroatoms. The smallest absolute Gasteiger partial charge is 0.129 e. The van der Waals surface area contributed by atoms with Crippen LogP contribution in [0.1, 0.15) is 48.4 Å². The van der Waals surface area contributed by atoms with E-state index in [-0.39, 0.29) is 5.82 Å². The maximum atomic E-state index is 14.5. The average Bonchev–Trinajstić information content (AvgIpc) is 3.15. The molecule has 4 rings (SSSR count). The van der Waals surface area contributed by atoms with Crippen molar-refractivity contribution in [3.63, 3.8) is 0 Å². The maximum absolute atomic E-state index is 14.5. The van der Waals surface area contributed by atoms with E-state index in [1.165, 1.54) is 30.4 Å². The van der Waals surface area contributed by atoms with Crippen LogP contribution in [-0.4, -0.2) is 13.1 Å². The van der Waals surface area contributed by atoms with Crippen LogP contribution in [0.4, 0.5) is 10.1 Å². The molecule has 1 aliphatic heterocycles. The highest BCUT2D eigenvalue weighted by atomic mass is 19.1. The van der Waals surface area contributed by atoms with Crippen LogP contribution in [0.5, 0.6) is 0 Å². The number of benzene rings is 2. The van der Waals surface area contributed by atoms with Gasteiger partial charge in [-0.3, -0.25) is 0 Å². The first kappa shape index (κ1) is 15.6. The fourth-order valence-electron chi connectivity index (χ4n) is 4.17. The molecule has 0 aromatic heterocycles. The molecule has 1 saturated heterocycles. The highest BCUT2D eigenvalue weighted by Crippen LogP contribution is 2.31. The summed E-state index contributed by atoms with van der Waals surface area (Å²) < 4.78 is 14.5. The van der Waals surface area contributed by atoms with Gasteiger partial charge in [-0.05, 0) is 55.4 Å². The number of hydrogen-bond donors (Lipinski definition) is 1. The van der Waals surface area contributed by atoms with Gasteiger partial charge in [0.05, 0.1) is 0 Å². The minimum atomic E-state index is -0.0870. The van der Waals surface area contributed by atoms with Gasteiger partial charge >= 0.3 is 0 Å². The summed E-state index contributed by atoms with van der Waals surface area (Å²) in [5, 5.41) is 3.63. The number of nitrogens with one attached hydrogen (secondary N) is 1. The van der Waals surface area contributed by atoms with Crippen LogP contribution in [0.2, 0.25) is 0 Å². The van der Waals surface area contributed by atoms with Gasteiger partial charge in [0.2, 0.25) is 0 Å². The Morgan fingerprint density at radius 3 is 2.71 bits per heavy atom. The Labute approximate surface area is 143 Å². The first-order valence-corrected chi connectivity index (χ1v) is 9.16. The molecule has 0 radical (unpaired) electrons. The van der Waals surface area contributed by atoms with Crippen molar-refractivity contribution >= 4 is 5.69 Å². The molecule has 1 atom stereocenters. The predicted molar refractivity (Wildman–Crippen MR) is 96.8 cm³/mol. The number of rotatable bonds is 4. The first-order valence-electron chi connectivity index (χ1n) is 9.16. The monoisotopic (exact) mass is 324 g/mol. The largest absolute Gasteiger partial charge is 0.371 e. The molecule has 2 nitrogen and oxygen atoms in total. The molecule has 24 heavy (non-hydrogen) atoms. The Balaban J connectivity index is 1.54. The summed E-state index contributed by atoms with van der Waals surface area (Å²) in [4.78, 5) is 2.33. The molecule has 2 aromatic rings. The second-order valence-electron chi connectivity index (χ2n) is 6.96. The summed E-state index contributed by atoms with van der Waals surface area (Å²) in [6.45, 7) is 2.68. The van der Waals surface area contributed by atoms with Gasteiger partial charge in [0.1, 0.15) is 5.82 Å². The van der Waals surface area contributed by atoms with E-state index in [1.807, 2.05) is 6.07 Å². The summed E-state index contributed by atoms with van der Waals surface area (Å²) in [6.07, 6.45) is 5.90. The van der Waals surface area contributed by atoms with Crippen LogP contribution in [0.3, 0.4) is 0 Å². The Hall–Kier alpha value is -1.87. The lowest BCUT2D eigenvalue weighted by Crippen LogP contribution is -2.27. The standard InChI is InChI=1S/C21H25FN2/c22-19-10-6-12-21(24-13-3-4-14-24)18(19)15-23-20-11-5-8-16-7-1-2-9-17(16)20/h1-2,6-7,9-10,12,20,23H,3-5,8,11,13-15H2. The lowest BCUT2D eigenvalue weighted by atomic mass is 9.87. The third kappa shape index (κ3) is 3.05. The van der Waals surface area contributed by atoms with E-state index in [9.17, 15) is 4.39 Å². The van der Waals surface area contributed by atoms with Gasteiger partial charge < -0.3 is 10.2 Å². The lowest BCUT2D eigenvalue weighted by molar-refractivity contribution is 0.452. The average molecular weight is 324 g/mol. The van der Waals surface area contributed by atoms with Gasteiger partial charge in [0.15, 0.2) is 0 Å². The lowest BCUT2D eigenvalue weighted by Gasteiger charge is -2.28. The second-order valence-corrected chi connectivity index (χ2v) is 6.96. The zero-order valence-corrected chi connectivity index (χ0v) is 14.1. The van der Waals surface area contributed by atoms with Gasteiger partial charge in [0.25, 0.3) is 0 Å². The van der Waals surface area contributed by atoms with Crippen molar-refractivity contribution in [2.75, 3.05) is 18.0 Å². The predicted octanol–water partition coefficient (Wildman–Crippen LogP) is 4.59. The summed E-state index contributed by atoms with van der Waals surface area (Å²) >= 11 is 0. The fourth-order valence-corrected chi connectivity index (χ4v) is 4.17. The van der Waals surface area contributed by atoms with Crippen molar-refractivity contribution in [3.8, 4) is 0 Å². The third-order valence-electron chi connectivity index (χ3n) is 5.44. The summed E-state index contributed by atoms with van der Waals surface area (Å²) in [5.74, 6) is -0.0870. The number of halogens is 1. The molecule has 126 valence electrons. The summed E-state index contributed by atoms with van der Waals surface area (Å²) in [5.41, 5.74) is 4.73. The normalized spacial score (nSPS) is 20.2. The zero-order valence-electron chi connectivity index (χ0n) is 14.1. The maximum Gasteiger partial charge on any atom is 0.129 e. The molecule has 1 N–H and O–H groups in total. The Morgan fingerprint density at radius 1 is 1.00 bits per heavy atom. The topological polar surface area (TPSA) is 15.3 Å². The molecule has 1 aliphatic carbocycles. The van der Waals surface area contributed by atoms with Gasteiger partial charge in [0, 0.05) is 36.9 Å². The number of hydrogen-bond acceptors (Lipinski definition) is 2. The van der Waals surface area contributed by atoms with Gasteiger partial charge in [-0.2, -0.15) is 0 Å². The fraction of sp³-hybridized carbons (Fsp3) is 0.429. The Kier molecular flexibility index (Phi) is 4.52. The molecule has 0 amide bonds. The van der Waals surface area contributed by atoms with E-state index in [0.717, 1.165) is 37.2 Å². The van der Waals surface area contributed by atoms with Crippen LogP contribution in [0.25, 0.3) is 0 Å². The van der Waals surface area contributed by atoms with E-state index in [4.69, 9.17) is 0 Å². The quantitative estimate of drug-likeness (QED) is 0.884. The Bertz CT molecular complexity index is 707. The summed E-state index contributed by atoms with van der Waals surface area (Å²) in [6, 6.07) is 14.5. The minimum Gasteiger partial charge on any atom is -0.371 e. The van der Waals surface area contributed by atoms with Gasteiger partial charge in [-0.25, -0.2) is 4.39 Å². The van der Waals surface area contributed by atoms with E-state index >= 15 is 0 Å². The van der Waals surface area contributed by atoms with Crippen molar-refractivity contribution < 1.29 is 4.39 Å². The van der Waals surface area contributed by atoms with Crippen molar-refractivity contribution in [2.24, 2.45) is 0 Å². The Morgan fingerprint density at radius 2 is 1.83 bits per heavy atom. The zero-order chi connectivity index (χ0) is 16.4. The number of aryl methyl sites for hydroxylation is 1. The van der Waals surface area contributed by atoms with E-state index in [2.05, 4.69) is 40.5 Å². The van der Waals surface area contributed by atoms with E-state index < -0.39 is 0 Å². The van der Waals surface area contributed by atoms with Crippen molar-refractivity contribution in [1.29, 1.82) is 0 Å². The van der Waals surface area contributed by atoms with E-state index in [0.29, 0.717) is 12.6 Å². The molecule has 1 heterocycles. The molecule has 0 saturated carbocycles. The van der Waals surface area contributed by atoms with Crippen LogP contribution in [0.15, 0.2) is 42.5 Å². The molecule has 0 bridgehead atoms.